The fourth-order valence-corrected chi connectivity index (χ4v) is 4.74. The lowest BCUT2D eigenvalue weighted by Crippen LogP contribution is -2.23. The van der Waals surface area contributed by atoms with Crippen molar-refractivity contribution in [3.63, 3.8) is 0 Å². The van der Waals surface area contributed by atoms with E-state index in [4.69, 9.17) is 21.6 Å². The van der Waals surface area contributed by atoms with Gasteiger partial charge in [-0.2, -0.15) is 0 Å². The standard InChI is InChI=1S/C23H17ClFN5O/c24-15-11-14(9-10-16(15)25)30-21-19(23(31)29(12-26-21)13-5-1-2-6-13)20-22(30)28-18-8-4-3-7-17(18)27-20/h3-4,7-13H,1-2,5-6H2. The van der Waals surface area contributed by atoms with Gasteiger partial charge in [0.1, 0.15) is 23.0 Å². The maximum atomic E-state index is 13.8. The Kier molecular flexibility index (Phi) is 4.08. The third-order valence-corrected chi connectivity index (χ3v) is 6.36. The fraction of sp³-hybridized carbons (Fsp3) is 0.217. The van der Waals surface area contributed by atoms with Gasteiger partial charge in [0.05, 0.1) is 21.7 Å². The highest BCUT2D eigenvalue weighted by molar-refractivity contribution is 6.31. The molecule has 5 aromatic rings. The Morgan fingerprint density at radius 1 is 1.00 bits per heavy atom. The first kappa shape index (κ1) is 18.4. The molecule has 3 heterocycles. The number of halogens is 2. The molecule has 0 radical (unpaired) electrons. The van der Waals surface area contributed by atoms with Gasteiger partial charge in [-0.25, -0.2) is 19.3 Å². The van der Waals surface area contributed by atoms with Crippen molar-refractivity contribution in [2.45, 2.75) is 31.7 Å². The summed E-state index contributed by atoms with van der Waals surface area (Å²) in [6.07, 6.45) is 5.76. The van der Waals surface area contributed by atoms with E-state index in [1.165, 1.54) is 12.1 Å². The predicted octanol–water partition coefficient (Wildman–Crippen LogP) is 5.19. The van der Waals surface area contributed by atoms with E-state index in [0.717, 1.165) is 25.7 Å². The number of aromatic nitrogens is 5. The molecule has 0 spiro atoms. The van der Waals surface area contributed by atoms with Crippen molar-refractivity contribution in [3.8, 4) is 5.69 Å². The zero-order valence-electron chi connectivity index (χ0n) is 16.4. The lowest BCUT2D eigenvalue weighted by atomic mass is 10.2. The molecule has 0 amide bonds. The van der Waals surface area contributed by atoms with Crippen molar-refractivity contribution in [2.24, 2.45) is 0 Å². The Morgan fingerprint density at radius 3 is 2.48 bits per heavy atom. The molecule has 8 heteroatoms. The van der Waals surface area contributed by atoms with Crippen LogP contribution in [-0.4, -0.2) is 24.1 Å². The van der Waals surface area contributed by atoms with E-state index in [0.29, 0.717) is 38.9 Å². The Labute approximate surface area is 180 Å². The molecule has 0 aliphatic heterocycles. The third-order valence-electron chi connectivity index (χ3n) is 6.07. The van der Waals surface area contributed by atoms with Gasteiger partial charge in [0.15, 0.2) is 11.3 Å². The minimum absolute atomic E-state index is 0.0134. The van der Waals surface area contributed by atoms with Gasteiger partial charge >= 0.3 is 0 Å². The number of rotatable bonds is 2. The summed E-state index contributed by atoms with van der Waals surface area (Å²) in [4.78, 5) is 27.8. The second-order valence-corrected chi connectivity index (χ2v) is 8.32. The summed E-state index contributed by atoms with van der Waals surface area (Å²) in [5, 5.41) is 0.406. The van der Waals surface area contributed by atoms with Crippen LogP contribution in [0.2, 0.25) is 5.02 Å². The van der Waals surface area contributed by atoms with E-state index < -0.39 is 5.82 Å². The van der Waals surface area contributed by atoms with Crippen molar-refractivity contribution in [2.75, 3.05) is 0 Å². The van der Waals surface area contributed by atoms with Crippen molar-refractivity contribution < 1.29 is 4.39 Å². The second kappa shape index (κ2) is 6.85. The molecule has 0 bridgehead atoms. The van der Waals surface area contributed by atoms with Gasteiger partial charge in [0, 0.05) is 6.04 Å². The summed E-state index contributed by atoms with van der Waals surface area (Å²) < 4.78 is 17.3. The van der Waals surface area contributed by atoms with Crippen molar-refractivity contribution >= 4 is 44.8 Å². The highest BCUT2D eigenvalue weighted by Gasteiger charge is 2.24. The van der Waals surface area contributed by atoms with Gasteiger partial charge < -0.3 is 0 Å². The van der Waals surface area contributed by atoms with Crippen LogP contribution in [0, 0.1) is 5.82 Å². The van der Waals surface area contributed by atoms with Gasteiger partial charge in [0.2, 0.25) is 0 Å². The lowest BCUT2D eigenvalue weighted by molar-refractivity contribution is 0.499. The summed E-state index contributed by atoms with van der Waals surface area (Å²) in [5.41, 5.74) is 3.25. The van der Waals surface area contributed by atoms with Gasteiger partial charge in [-0.3, -0.25) is 13.9 Å². The zero-order valence-corrected chi connectivity index (χ0v) is 17.2. The minimum atomic E-state index is -0.515. The molecule has 2 aromatic carbocycles. The molecular formula is C23H17ClFN5O. The number of nitrogens with zero attached hydrogens (tertiary/aromatic N) is 5. The molecule has 31 heavy (non-hydrogen) atoms. The molecule has 6 nitrogen and oxygen atoms in total. The first-order chi connectivity index (χ1) is 15.1. The number of hydrogen-bond acceptors (Lipinski definition) is 4. The fourth-order valence-electron chi connectivity index (χ4n) is 4.56. The van der Waals surface area contributed by atoms with Gasteiger partial charge in [-0.1, -0.05) is 36.6 Å². The summed E-state index contributed by atoms with van der Waals surface area (Å²) >= 11 is 6.06. The number of para-hydroxylation sites is 2. The summed E-state index contributed by atoms with van der Waals surface area (Å²) in [6, 6.07) is 12.1. The quantitative estimate of drug-likeness (QED) is 0.384. The van der Waals surface area contributed by atoms with Crippen LogP contribution < -0.4 is 5.56 Å². The third kappa shape index (κ3) is 2.76. The Hall–Kier alpha value is -3.32. The molecule has 1 aliphatic carbocycles. The molecule has 1 fully saturated rings. The van der Waals surface area contributed by atoms with E-state index in [9.17, 15) is 9.18 Å². The predicted molar refractivity (Wildman–Crippen MR) is 118 cm³/mol. The van der Waals surface area contributed by atoms with Crippen LogP contribution in [0.15, 0.2) is 53.6 Å². The first-order valence-corrected chi connectivity index (χ1v) is 10.6. The molecule has 3 aromatic heterocycles. The topological polar surface area (TPSA) is 65.6 Å². The van der Waals surface area contributed by atoms with Crippen LogP contribution in [0.5, 0.6) is 0 Å². The van der Waals surface area contributed by atoms with Crippen LogP contribution in [-0.2, 0) is 0 Å². The summed E-state index contributed by atoms with van der Waals surface area (Å²) in [5.74, 6) is -0.515. The van der Waals surface area contributed by atoms with Crippen LogP contribution in [0.25, 0.3) is 38.9 Å². The second-order valence-electron chi connectivity index (χ2n) is 7.91. The maximum absolute atomic E-state index is 13.8. The van der Waals surface area contributed by atoms with Crippen LogP contribution in [0.3, 0.4) is 0 Å². The summed E-state index contributed by atoms with van der Waals surface area (Å²) in [7, 11) is 0. The van der Waals surface area contributed by atoms with E-state index in [-0.39, 0.29) is 16.6 Å². The van der Waals surface area contributed by atoms with Gasteiger partial charge in [-0.15, -0.1) is 0 Å². The van der Waals surface area contributed by atoms with Gasteiger partial charge in [-0.05, 0) is 43.2 Å². The largest absolute Gasteiger partial charge is 0.295 e. The Bertz CT molecular complexity index is 1550. The molecule has 0 unspecified atom stereocenters. The molecule has 6 rings (SSSR count). The van der Waals surface area contributed by atoms with Gasteiger partial charge in [0.25, 0.3) is 5.56 Å². The van der Waals surface area contributed by atoms with Crippen LogP contribution in [0.4, 0.5) is 4.39 Å². The van der Waals surface area contributed by atoms with E-state index in [1.807, 2.05) is 24.3 Å². The normalized spacial score (nSPS) is 14.9. The highest BCUT2D eigenvalue weighted by atomic mass is 35.5. The molecule has 1 aliphatic rings. The van der Waals surface area contributed by atoms with E-state index in [1.54, 1.807) is 21.5 Å². The number of benzene rings is 2. The smallest absolute Gasteiger partial charge is 0.265 e. The molecule has 0 atom stereocenters. The van der Waals surface area contributed by atoms with E-state index in [2.05, 4.69) is 4.98 Å². The lowest BCUT2D eigenvalue weighted by Gasteiger charge is -2.13. The molecule has 154 valence electrons. The first-order valence-electron chi connectivity index (χ1n) is 10.3. The van der Waals surface area contributed by atoms with Crippen LogP contribution >= 0.6 is 11.6 Å². The van der Waals surface area contributed by atoms with Crippen molar-refractivity contribution in [3.05, 3.63) is 70.0 Å². The maximum Gasteiger partial charge on any atom is 0.265 e. The van der Waals surface area contributed by atoms with Crippen molar-refractivity contribution in [1.82, 2.24) is 24.1 Å². The van der Waals surface area contributed by atoms with E-state index >= 15 is 0 Å². The SMILES string of the molecule is O=c1c2c3nc4ccccc4nc3n(-c3ccc(F)c(Cl)c3)c2ncn1C1CCCC1. The molecule has 1 saturated carbocycles. The summed E-state index contributed by atoms with van der Waals surface area (Å²) in [6.45, 7) is 0. The molecule has 0 N–H and O–H groups in total. The minimum Gasteiger partial charge on any atom is -0.295 e. The van der Waals surface area contributed by atoms with Crippen LogP contribution in [0.1, 0.15) is 31.7 Å². The zero-order chi connectivity index (χ0) is 21.1. The number of hydrogen-bond donors (Lipinski definition) is 0. The Morgan fingerprint density at radius 2 is 1.74 bits per heavy atom. The average molecular weight is 434 g/mol. The van der Waals surface area contributed by atoms with Crippen molar-refractivity contribution in [1.29, 1.82) is 0 Å². The molecular weight excluding hydrogens is 417 g/mol. The average Bonchev–Trinajstić information content (AvgIpc) is 3.41. The number of fused-ring (bicyclic) bond motifs is 4. The monoisotopic (exact) mass is 433 g/mol. The Balaban J connectivity index is 1.76. The highest BCUT2D eigenvalue weighted by Crippen LogP contribution is 2.32. The molecule has 0 saturated heterocycles.